The third-order valence-corrected chi connectivity index (χ3v) is 5.96. The van der Waals surface area contributed by atoms with Gasteiger partial charge in [0, 0.05) is 30.2 Å². The Kier molecular flexibility index (Phi) is 4.39. The lowest BCUT2D eigenvalue weighted by atomic mass is 10.2. The Morgan fingerprint density at radius 3 is 2.71 bits per heavy atom. The van der Waals surface area contributed by atoms with E-state index >= 15 is 0 Å². The molecular weight excluding hydrogens is 385 g/mol. The van der Waals surface area contributed by atoms with Gasteiger partial charge in [0.25, 0.3) is 0 Å². The van der Waals surface area contributed by atoms with Crippen LogP contribution in [0.4, 0.5) is 10.2 Å². The number of fused-ring (bicyclic) bond motifs is 1. The fourth-order valence-electron chi connectivity index (χ4n) is 3.27. The van der Waals surface area contributed by atoms with Gasteiger partial charge in [-0.1, -0.05) is 0 Å². The fourth-order valence-corrected chi connectivity index (χ4v) is 4.16. The monoisotopic (exact) mass is 403 g/mol. The molecule has 1 aliphatic rings. The molecule has 1 unspecified atom stereocenters. The number of hydrogen-bond donors (Lipinski definition) is 2. The van der Waals surface area contributed by atoms with Crippen LogP contribution in [0.3, 0.4) is 0 Å². The van der Waals surface area contributed by atoms with Crippen LogP contribution in [0.15, 0.2) is 17.1 Å². The van der Waals surface area contributed by atoms with Gasteiger partial charge in [-0.3, -0.25) is 9.36 Å². The van der Waals surface area contributed by atoms with Crippen LogP contribution in [0.1, 0.15) is 27.3 Å². The van der Waals surface area contributed by atoms with Crippen LogP contribution in [0.25, 0.3) is 16.2 Å². The summed E-state index contributed by atoms with van der Waals surface area (Å²) in [4.78, 5) is 35.7. The Labute approximate surface area is 163 Å². The Morgan fingerprint density at radius 1 is 1.39 bits per heavy atom. The molecule has 4 heterocycles. The highest BCUT2D eigenvalue weighted by Gasteiger charge is 2.26. The van der Waals surface area contributed by atoms with Crippen molar-refractivity contribution in [2.45, 2.75) is 26.3 Å². The number of pyridine rings is 2. The molecule has 10 heteroatoms. The van der Waals surface area contributed by atoms with Gasteiger partial charge in [-0.05, 0) is 26.3 Å². The first kappa shape index (κ1) is 18.5. The number of aryl methyl sites for hydroxylation is 2. The van der Waals surface area contributed by atoms with E-state index in [0.717, 1.165) is 23.1 Å². The molecule has 0 aliphatic carbocycles. The Balaban J connectivity index is 2.03. The lowest BCUT2D eigenvalue weighted by Gasteiger charge is -2.19. The highest BCUT2D eigenvalue weighted by Crippen LogP contribution is 2.27. The van der Waals surface area contributed by atoms with E-state index in [-0.39, 0.29) is 22.9 Å². The molecule has 0 aromatic carbocycles. The molecule has 0 amide bonds. The molecule has 3 aromatic rings. The van der Waals surface area contributed by atoms with Crippen LogP contribution >= 0.6 is 11.3 Å². The maximum atomic E-state index is 14.8. The van der Waals surface area contributed by atoms with Crippen LogP contribution < -0.4 is 16.1 Å². The van der Waals surface area contributed by atoms with E-state index in [1.807, 2.05) is 13.8 Å². The number of carboxylic acids is 1. The molecule has 1 saturated heterocycles. The maximum absolute atomic E-state index is 14.8. The van der Waals surface area contributed by atoms with E-state index in [2.05, 4.69) is 9.97 Å². The Bertz CT molecular complexity index is 1150. The summed E-state index contributed by atoms with van der Waals surface area (Å²) in [6, 6.07) is 0.984. The van der Waals surface area contributed by atoms with E-state index in [4.69, 9.17) is 5.73 Å². The minimum absolute atomic E-state index is 0.0715. The predicted octanol–water partition coefficient (Wildman–Crippen LogP) is 1.83. The number of anilines is 1. The number of rotatable bonds is 3. The molecule has 0 bridgehead atoms. The average molecular weight is 403 g/mol. The molecule has 3 aromatic heterocycles. The van der Waals surface area contributed by atoms with Crippen molar-refractivity contribution in [1.29, 1.82) is 0 Å². The lowest BCUT2D eigenvalue weighted by Crippen LogP contribution is -2.28. The molecule has 28 heavy (non-hydrogen) atoms. The van der Waals surface area contributed by atoms with Crippen LogP contribution in [0, 0.1) is 19.7 Å². The minimum Gasteiger partial charge on any atom is -0.477 e. The molecule has 3 N–H and O–H groups in total. The van der Waals surface area contributed by atoms with E-state index in [1.54, 1.807) is 4.90 Å². The summed E-state index contributed by atoms with van der Waals surface area (Å²) in [7, 11) is 0. The molecule has 1 atom stereocenters. The summed E-state index contributed by atoms with van der Waals surface area (Å²) in [5.41, 5.74) is 5.64. The third kappa shape index (κ3) is 2.94. The largest absolute Gasteiger partial charge is 0.477 e. The van der Waals surface area contributed by atoms with Gasteiger partial charge in [0.15, 0.2) is 22.4 Å². The number of thiazole rings is 1. The molecule has 8 nitrogen and oxygen atoms in total. The van der Waals surface area contributed by atoms with Crippen molar-refractivity contribution >= 4 is 34.2 Å². The molecule has 4 rings (SSSR count). The lowest BCUT2D eigenvalue weighted by molar-refractivity contribution is 0.0695. The van der Waals surface area contributed by atoms with Crippen molar-refractivity contribution < 1.29 is 14.3 Å². The van der Waals surface area contributed by atoms with E-state index < -0.39 is 22.8 Å². The molecule has 0 radical (unpaired) electrons. The minimum atomic E-state index is -1.39. The van der Waals surface area contributed by atoms with E-state index in [0.29, 0.717) is 18.2 Å². The van der Waals surface area contributed by atoms with Gasteiger partial charge in [-0.25, -0.2) is 19.2 Å². The van der Waals surface area contributed by atoms with Gasteiger partial charge >= 0.3 is 5.97 Å². The van der Waals surface area contributed by atoms with Crippen molar-refractivity contribution in [3.8, 4) is 5.13 Å². The molecule has 0 saturated carbocycles. The number of carboxylic acid groups (broad SMARTS) is 1. The van der Waals surface area contributed by atoms with Gasteiger partial charge < -0.3 is 15.7 Å². The number of nitrogens with two attached hydrogens (primary N) is 1. The number of aromatic nitrogens is 3. The highest BCUT2D eigenvalue weighted by atomic mass is 32.1. The molecule has 1 aliphatic heterocycles. The van der Waals surface area contributed by atoms with Gasteiger partial charge in [-0.15, -0.1) is 11.3 Å². The third-order valence-electron chi connectivity index (χ3n) is 4.89. The van der Waals surface area contributed by atoms with E-state index in [9.17, 15) is 19.1 Å². The second-order valence-corrected chi connectivity index (χ2v) is 8.03. The molecular formula is C18H18FN5O3S. The number of hydrogen-bond acceptors (Lipinski definition) is 7. The van der Waals surface area contributed by atoms with Gasteiger partial charge in [0.2, 0.25) is 5.43 Å². The van der Waals surface area contributed by atoms with Crippen LogP contribution in [0.5, 0.6) is 0 Å². The summed E-state index contributed by atoms with van der Waals surface area (Å²) in [5, 5.41) is 9.78. The van der Waals surface area contributed by atoms with Crippen LogP contribution in [-0.4, -0.2) is 44.7 Å². The normalized spacial score (nSPS) is 16.9. The van der Waals surface area contributed by atoms with Gasteiger partial charge in [-0.2, -0.15) is 0 Å². The second-order valence-electron chi connectivity index (χ2n) is 6.84. The predicted molar refractivity (Wildman–Crippen MR) is 104 cm³/mol. The summed E-state index contributed by atoms with van der Waals surface area (Å²) in [5.74, 6) is -1.97. The van der Waals surface area contributed by atoms with Crippen molar-refractivity contribution in [3.63, 3.8) is 0 Å². The number of aromatic carboxylic acids is 1. The summed E-state index contributed by atoms with van der Waals surface area (Å²) in [6.45, 7) is 4.75. The molecule has 146 valence electrons. The summed E-state index contributed by atoms with van der Waals surface area (Å²) in [6.07, 6.45) is 1.92. The fraction of sp³-hybridized carbons (Fsp3) is 0.333. The zero-order valence-electron chi connectivity index (χ0n) is 15.3. The number of carbonyl (C=O) groups is 1. The average Bonchev–Trinajstić information content (AvgIpc) is 3.20. The van der Waals surface area contributed by atoms with Crippen LogP contribution in [-0.2, 0) is 0 Å². The first-order valence-electron chi connectivity index (χ1n) is 8.70. The van der Waals surface area contributed by atoms with Gasteiger partial charge in [0.1, 0.15) is 5.56 Å². The smallest absolute Gasteiger partial charge is 0.341 e. The first-order chi connectivity index (χ1) is 13.3. The van der Waals surface area contributed by atoms with Crippen LogP contribution in [0.2, 0.25) is 0 Å². The second kappa shape index (κ2) is 6.64. The highest BCUT2D eigenvalue weighted by molar-refractivity contribution is 7.14. The van der Waals surface area contributed by atoms with E-state index in [1.165, 1.54) is 22.1 Å². The van der Waals surface area contributed by atoms with Gasteiger partial charge in [0.05, 0.1) is 11.1 Å². The number of nitrogens with zero attached hydrogens (tertiary/aromatic N) is 4. The number of halogens is 1. The van der Waals surface area contributed by atoms with Crippen molar-refractivity contribution in [1.82, 2.24) is 14.5 Å². The zero-order chi connectivity index (χ0) is 20.2. The van der Waals surface area contributed by atoms with Crippen molar-refractivity contribution in [2.75, 3.05) is 18.0 Å². The Morgan fingerprint density at radius 2 is 2.14 bits per heavy atom. The molecule has 0 spiro atoms. The SMILES string of the molecule is Cc1nc(-n2cc(C(=O)O)c(=O)c3cc(F)c(N4CCC(N)C4)nc32)sc1C. The topological polar surface area (TPSA) is 114 Å². The molecule has 1 fully saturated rings. The quantitative estimate of drug-likeness (QED) is 0.686. The van der Waals surface area contributed by atoms with Crippen molar-refractivity contribution in [2.24, 2.45) is 5.73 Å². The standard InChI is InChI=1S/C18H18FN5O3S/c1-8-9(2)28-18(21-8)24-7-12(17(26)27)14(25)11-5-13(19)16(22-15(11)24)23-4-3-10(20)6-23/h5,7,10H,3-4,6,20H2,1-2H3,(H,26,27). The Hall–Kier alpha value is -2.85. The van der Waals surface area contributed by atoms with Crippen molar-refractivity contribution in [3.05, 3.63) is 44.4 Å². The summed E-state index contributed by atoms with van der Waals surface area (Å²) < 4.78 is 16.2. The first-order valence-corrected chi connectivity index (χ1v) is 9.52. The zero-order valence-corrected chi connectivity index (χ0v) is 16.1. The maximum Gasteiger partial charge on any atom is 0.341 e. The summed E-state index contributed by atoms with van der Waals surface area (Å²) >= 11 is 1.34.